The molecule has 7 heteroatoms. The molecular formula is C13H24BrN5O. The SMILES string of the molecule is CCc1nn(CC)c(CN(C)C(C)CC(N)=NO)c1Br. The summed E-state index contributed by atoms with van der Waals surface area (Å²) in [6.45, 7) is 7.85. The van der Waals surface area contributed by atoms with E-state index in [-0.39, 0.29) is 11.9 Å². The number of halogens is 1. The van der Waals surface area contributed by atoms with E-state index in [1.807, 2.05) is 11.7 Å². The number of hydrogen-bond acceptors (Lipinski definition) is 4. The number of nitrogens with zero attached hydrogens (tertiary/aromatic N) is 4. The van der Waals surface area contributed by atoms with Crippen LogP contribution in [0.5, 0.6) is 0 Å². The molecule has 0 radical (unpaired) electrons. The number of rotatable bonds is 7. The lowest BCUT2D eigenvalue weighted by molar-refractivity contribution is 0.243. The maximum absolute atomic E-state index is 8.64. The van der Waals surface area contributed by atoms with Gasteiger partial charge in [-0.2, -0.15) is 5.10 Å². The number of aryl methyl sites for hydroxylation is 2. The fourth-order valence-corrected chi connectivity index (χ4v) is 2.75. The van der Waals surface area contributed by atoms with Crippen molar-refractivity contribution in [3.8, 4) is 0 Å². The largest absolute Gasteiger partial charge is 0.409 e. The minimum absolute atomic E-state index is 0.183. The first kappa shape index (κ1) is 17.0. The first-order valence-electron chi connectivity index (χ1n) is 6.85. The lowest BCUT2D eigenvalue weighted by Crippen LogP contribution is -2.33. The Kier molecular flexibility index (Phi) is 6.48. The van der Waals surface area contributed by atoms with Crippen molar-refractivity contribution in [2.75, 3.05) is 7.05 Å². The fourth-order valence-electron chi connectivity index (χ4n) is 2.06. The molecule has 0 saturated carbocycles. The monoisotopic (exact) mass is 345 g/mol. The van der Waals surface area contributed by atoms with Gasteiger partial charge >= 0.3 is 0 Å². The number of nitrogens with two attached hydrogens (primary N) is 1. The quantitative estimate of drug-likeness (QED) is 0.343. The maximum atomic E-state index is 8.64. The Bertz CT molecular complexity index is 472. The Labute approximate surface area is 128 Å². The van der Waals surface area contributed by atoms with E-state index in [0.717, 1.165) is 29.7 Å². The average molecular weight is 346 g/mol. The summed E-state index contributed by atoms with van der Waals surface area (Å²) in [5, 5.41) is 16.3. The minimum Gasteiger partial charge on any atom is -0.409 e. The van der Waals surface area contributed by atoms with Gasteiger partial charge in [0.05, 0.1) is 15.9 Å². The highest BCUT2D eigenvalue weighted by atomic mass is 79.9. The topological polar surface area (TPSA) is 79.7 Å². The van der Waals surface area contributed by atoms with E-state index in [1.165, 1.54) is 5.69 Å². The van der Waals surface area contributed by atoms with Crippen LogP contribution in [-0.4, -0.2) is 38.8 Å². The van der Waals surface area contributed by atoms with E-state index in [1.54, 1.807) is 0 Å². The van der Waals surface area contributed by atoms with Crippen LogP contribution in [0.3, 0.4) is 0 Å². The molecule has 1 aromatic heterocycles. The first-order chi connectivity index (χ1) is 9.44. The summed E-state index contributed by atoms with van der Waals surface area (Å²) < 4.78 is 3.11. The van der Waals surface area contributed by atoms with Crippen LogP contribution in [0.25, 0.3) is 0 Å². The molecule has 0 aliphatic carbocycles. The molecule has 0 aliphatic rings. The third-order valence-corrected chi connectivity index (χ3v) is 4.39. The number of amidine groups is 1. The lowest BCUT2D eigenvalue weighted by Gasteiger charge is -2.24. The Balaban J connectivity index is 2.84. The normalized spacial score (nSPS) is 14.0. The minimum atomic E-state index is 0.183. The molecule has 1 heterocycles. The van der Waals surface area contributed by atoms with Crippen molar-refractivity contribution in [2.24, 2.45) is 10.9 Å². The van der Waals surface area contributed by atoms with Crippen molar-refractivity contribution in [2.45, 2.75) is 52.7 Å². The second kappa shape index (κ2) is 7.64. The molecule has 3 N–H and O–H groups in total. The smallest absolute Gasteiger partial charge is 0.140 e. The van der Waals surface area contributed by atoms with Crippen LogP contribution in [-0.2, 0) is 19.5 Å². The zero-order valence-corrected chi connectivity index (χ0v) is 14.2. The van der Waals surface area contributed by atoms with E-state index in [2.05, 4.69) is 51.9 Å². The van der Waals surface area contributed by atoms with Gasteiger partial charge in [-0.05, 0) is 43.2 Å². The summed E-state index contributed by atoms with van der Waals surface area (Å²) in [7, 11) is 2.03. The van der Waals surface area contributed by atoms with Crippen LogP contribution in [0.15, 0.2) is 9.63 Å². The highest BCUT2D eigenvalue weighted by Crippen LogP contribution is 2.24. The molecule has 1 aromatic rings. The van der Waals surface area contributed by atoms with E-state index < -0.39 is 0 Å². The second-order valence-corrected chi connectivity index (χ2v) is 5.73. The van der Waals surface area contributed by atoms with Gasteiger partial charge in [-0.1, -0.05) is 12.1 Å². The Hall–Kier alpha value is -1.08. The van der Waals surface area contributed by atoms with Crippen LogP contribution in [0.4, 0.5) is 0 Å². The summed E-state index contributed by atoms with van der Waals surface area (Å²) in [5.41, 5.74) is 7.81. The standard InChI is InChI=1S/C13H24BrN5O/c1-5-10-13(14)11(19(6-2)16-10)8-18(4)9(3)7-12(15)17-20/h9,20H,5-8H2,1-4H3,(H2,15,17). The summed E-state index contributed by atoms with van der Waals surface area (Å²) >= 11 is 3.65. The molecule has 0 amide bonds. The van der Waals surface area contributed by atoms with Crippen LogP contribution in [0, 0.1) is 0 Å². The van der Waals surface area contributed by atoms with Crippen molar-refractivity contribution in [1.82, 2.24) is 14.7 Å². The van der Waals surface area contributed by atoms with Gasteiger partial charge in [0, 0.05) is 25.6 Å². The number of oxime groups is 1. The van der Waals surface area contributed by atoms with Gasteiger partial charge in [0.25, 0.3) is 0 Å². The summed E-state index contributed by atoms with van der Waals surface area (Å²) in [4.78, 5) is 2.17. The van der Waals surface area contributed by atoms with Gasteiger partial charge in [-0.3, -0.25) is 9.58 Å². The second-order valence-electron chi connectivity index (χ2n) is 4.94. The fraction of sp³-hybridized carbons (Fsp3) is 0.692. The Morgan fingerprint density at radius 1 is 1.55 bits per heavy atom. The number of aromatic nitrogens is 2. The first-order valence-corrected chi connectivity index (χ1v) is 7.64. The van der Waals surface area contributed by atoms with E-state index >= 15 is 0 Å². The van der Waals surface area contributed by atoms with Gasteiger partial charge in [-0.15, -0.1) is 0 Å². The molecule has 0 aromatic carbocycles. The molecule has 1 atom stereocenters. The van der Waals surface area contributed by atoms with Gasteiger partial charge in [-0.25, -0.2) is 0 Å². The molecule has 0 spiro atoms. The molecule has 0 fully saturated rings. The van der Waals surface area contributed by atoms with Gasteiger partial charge < -0.3 is 10.9 Å². The molecule has 6 nitrogen and oxygen atoms in total. The maximum Gasteiger partial charge on any atom is 0.140 e. The van der Waals surface area contributed by atoms with Crippen molar-refractivity contribution in [1.29, 1.82) is 0 Å². The predicted molar refractivity (Wildman–Crippen MR) is 83.9 cm³/mol. The molecule has 1 rings (SSSR count). The van der Waals surface area contributed by atoms with Crippen LogP contribution >= 0.6 is 15.9 Å². The van der Waals surface area contributed by atoms with E-state index in [4.69, 9.17) is 10.9 Å². The Morgan fingerprint density at radius 2 is 2.20 bits per heavy atom. The summed E-state index contributed by atoms with van der Waals surface area (Å²) in [6, 6.07) is 0.183. The van der Waals surface area contributed by atoms with E-state index in [9.17, 15) is 0 Å². The van der Waals surface area contributed by atoms with Crippen LogP contribution in [0.2, 0.25) is 0 Å². The van der Waals surface area contributed by atoms with Crippen molar-refractivity contribution >= 4 is 21.8 Å². The highest BCUT2D eigenvalue weighted by molar-refractivity contribution is 9.10. The van der Waals surface area contributed by atoms with Crippen molar-refractivity contribution in [3.63, 3.8) is 0 Å². The average Bonchev–Trinajstić information content (AvgIpc) is 2.74. The molecule has 114 valence electrons. The summed E-state index contributed by atoms with van der Waals surface area (Å²) in [6.07, 6.45) is 1.44. The lowest BCUT2D eigenvalue weighted by atomic mass is 10.2. The third-order valence-electron chi connectivity index (χ3n) is 3.48. The Morgan fingerprint density at radius 3 is 2.70 bits per heavy atom. The van der Waals surface area contributed by atoms with Crippen molar-refractivity contribution < 1.29 is 5.21 Å². The molecule has 20 heavy (non-hydrogen) atoms. The zero-order valence-electron chi connectivity index (χ0n) is 12.6. The molecule has 1 unspecified atom stereocenters. The molecule has 0 aliphatic heterocycles. The molecule has 0 bridgehead atoms. The van der Waals surface area contributed by atoms with Gasteiger partial charge in [0.1, 0.15) is 5.84 Å². The van der Waals surface area contributed by atoms with Gasteiger partial charge in [0.15, 0.2) is 0 Å². The summed E-state index contributed by atoms with van der Waals surface area (Å²) in [5.74, 6) is 0.252. The highest BCUT2D eigenvalue weighted by Gasteiger charge is 2.18. The van der Waals surface area contributed by atoms with Crippen molar-refractivity contribution in [3.05, 3.63) is 15.9 Å². The number of hydrogen-bond donors (Lipinski definition) is 2. The van der Waals surface area contributed by atoms with Gasteiger partial charge in [0.2, 0.25) is 0 Å². The van der Waals surface area contributed by atoms with E-state index in [0.29, 0.717) is 6.42 Å². The zero-order chi connectivity index (χ0) is 15.3. The van der Waals surface area contributed by atoms with Crippen LogP contribution < -0.4 is 5.73 Å². The van der Waals surface area contributed by atoms with Crippen LogP contribution in [0.1, 0.15) is 38.6 Å². The molecule has 0 saturated heterocycles. The third kappa shape index (κ3) is 3.96. The predicted octanol–water partition coefficient (Wildman–Crippen LogP) is 2.18. The molecular weight excluding hydrogens is 322 g/mol.